The van der Waals surface area contributed by atoms with Crippen LogP contribution in [0.4, 0.5) is 9.59 Å². The van der Waals surface area contributed by atoms with Crippen LogP contribution in [0, 0.1) is 0 Å². The van der Waals surface area contributed by atoms with Crippen molar-refractivity contribution in [1.82, 2.24) is 15.1 Å². The first-order valence-corrected chi connectivity index (χ1v) is 17.9. The average Bonchev–Trinajstić information content (AvgIpc) is 3.72. The van der Waals surface area contributed by atoms with Gasteiger partial charge in [0.15, 0.2) is 0 Å². The molecule has 6 rings (SSSR count). The Kier molecular flexibility index (Phi) is 16.6. The summed E-state index contributed by atoms with van der Waals surface area (Å²) in [6.45, 7) is 15.7. The molecule has 0 fully saturated rings. The van der Waals surface area contributed by atoms with E-state index in [1.165, 1.54) is 22.3 Å². The van der Waals surface area contributed by atoms with Crippen molar-refractivity contribution in [3.05, 3.63) is 128 Å². The molecule has 0 aliphatic carbocycles. The van der Waals surface area contributed by atoms with Crippen LogP contribution < -0.4 is 14.8 Å². The number of carbonyl (C=O) groups is 2. The van der Waals surface area contributed by atoms with Gasteiger partial charge in [-0.1, -0.05) is 87.3 Å². The van der Waals surface area contributed by atoms with Crippen LogP contribution in [-0.4, -0.2) is 39.9 Å². The molecule has 0 aromatic heterocycles. The van der Waals surface area contributed by atoms with Crippen LogP contribution in [0.1, 0.15) is 56.9 Å². The number of hydrogen-bond donors (Lipinski definition) is 1. The first-order chi connectivity index (χ1) is 23.0. The summed E-state index contributed by atoms with van der Waals surface area (Å²) in [5, 5.41) is 3.29. The molecule has 48 heavy (non-hydrogen) atoms. The van der Waals surface area contributed by atoms with E-state index in [-0.39, 0.29) is 6.09 Å². The fraction of sp³-hybridized carbons (Fsp3) is 0.316. The van der Waals surface area contributed by atoms with Gasteiger partial charge in [0.1, 0.15) is 11.5 Å². The van der Waals surface area contributed by atoms with E-state index in [9.17, 15) is 9.59 Å². The fourth-order valence-electron chi connectivity index (χ4n) is 5.29. The minimum atomic E-state index is -0.827. The van der Waals surface area contributed by atoms with Crippen molar-refractivity contribution >= 4 is 55.0 Å². The lowest BCUT2D eigenvalue weighted by Gasteiger charge is -2.28. The van der Waals surface area contributed by atoms with E-state index in [0.717, 1.165) is 28.6 Å². The number of carbonyl (C=O) groups excluding carboxylic acids is 2. The third-order valence-corrected chi connectivity index (χ3v) is 8.71. The Morgan fingerprint density at radius 3 is 1.46 bits per heavy atom. The monoisotopic (exact) mass is 799 g/mol. The van der Waals surface area contributed by atoms with Gasteiger partial charge in [-0.25, -0.2) is 9.59 Å². The zero-order chi connectivity index (χ0) is 35.1. The van der Waals surface area contributed by atoms with Gasteiger partial charge in [-0.2, -0.15) is 0 Å². The molecule has 10 heteroatoms. The molecule has 4 aromatic rings. The molecule has 256 valence electrons. The molecule has 4 aromatic carbocycles. The predicted octanol–water partition coefficient (Wildman–Crippen LogP) is 10.6. The van der Waals surface area contributed by atoms with Crippen molar-refractivity contribution in [2.75, 3.05) is 6.54 Å². The first-order valence-electron chi connectivity index (χ1n) is 15.9. The van der Waals surface area contributed by atoms with Gasteiger partial charge in [0.2, 0.25) is 0 Å². The van der Waals surface area contributed by atoms with Crippen LogP contribution in [0.25, 0.3) is 0 Å². The van der Waals surface area contributed by atoms with E-state index in [1.54, 1.807) is 41.3 Å². The second kappa shape index (κ2) is 20.3. The lowest BCUT2D eigenvalue weighted by molar-refractivity contribution is 0.152. The lowest BCUT2D eigenvalue weighted by atomic mass is 10.1. The van der Waals surface area contributed by atoms with E-state index in [1.807, 2.05) is 36.4 Å². The quantitative estimate of drug-likeness (QED) is 0.203. The third-order valence-electron chi connectivity index (χ3n) is 7.57. The molecule has 0 saturated heterocycles. The summed E-state index contributed by atoms with van der Waals surface area (Å²) in [5.41, 5.74) is 4.47. The number of rotatable bonds is 5. The highest BCUT2D eigenvalue weighted by atomic mass is 79.9. The number of ether oxygens (including phenoxy) is 2. The number of nitrogens with one attached hydrogen (secondary N) is 1. The molecule has 1 N–H and O–H groups in total. The van der Waals surface area contributed by atoms with Gasteiger partial charge in [0.05, 0.1) is 0 Å². The first kappa shape index (κ1) is 39.2. The Morgan fingerprint density at radius 1 is 0.708 bits per heavy atom. The zero-order valence-electron chi connectivity index (χ0n) is 28.1. The maximum atomic E-state index is 12.1. The van der Waals surface area contributed by atoms with Gasteiger partial charge >= 0.3 is 11.5 Å². The lowest BCUT2D eigenvalue weighted by Crippen LogP contribution is -2.36. The molecule has 0 unspecified atom stereocenters. The molecule has 2 heterocycles. The summed E-state index contributed by atoms with van der Waals surface area (Å²) in [5.74, 6) is 0.998. The van der Waals surface area contributed by atoms with Gasteiger partial charge in [0, 0.05) is 58.8 Å². The number of nitrogens with zero attached hydrogens (tertiary/aromatic N) is 2. The molecule has 0 spiro atoms. The van der Waals surface area contributed by atoms with Crippen molar-refractivity contribution < 1.29 is 19.1 Å². The SMILES string of the molecule is CCN(C(C)C)C(C)C.O=C(Cl)Oc1ccc(Br)cc1.O=C(Oc1ccc(Br)cc1)N1Cc2ccccc2C1.c1ccc2c(c1)CNC2. The third kappa shape index (κ3) is 13.4. The highest BCUT2D eigenvalue weighted by Gasteiger charge is 2.24. The van der Waals surface area contributed by atoms with Crippen molar-refractivity contribution in [3.8, 4) is 11.5 Å². The van der Waals surface area contributed by atoms with Crippen LogP contribution in [-0.2, 0) is 26.2 Å². The molecule has 7 nitrogen and oxygen atoms in total. The van der Waals surface area contributed by atoms with E-state index in [4.69, 9.17) is 16.3 Å². The Labute approximate surface area is 306 Å². The number of benzene rings is 4. The Bertz CT molecular complexity index is 1530. The van der Waals surface area contributed by atoms with E-state index in [0.29, 0.717) is 36.7 Å². The van der Waals surface area contributed by atoms with Crippen molar-refractivity contribution in [1.29, 1.82) is 0 Å². The van der Waals surface area contributed by atoms with Crippen LogP contribution in [0.3, 0.4) is 0 Å². The molecule has 1 amide bonds. The predicted molar refractivity (Wildman–Crippen MR) is 202 cm³/mol. The minimum Gasteiger partial charge on any atom is -0.415 e. The molecule has 0 bridgehead atoms. The van der Waals surface area contributed by atoms with E-state index >= 15 is 0 Å². The molecule has 2 aliphatic heterocycles. The van der Waals surface area contributed by atoms with E-state index < -0.39 is 5.43 Å². The number of halogens is 3. The normalized spacial score (nSPS) is 12.5. The number of amides is 1. The van der Waals surface area contributed by atoms with Gasteiger partial charge in [-0.15, -0.1) is 0 Å². The number of fused-ring (bicyclic) bond motifs is 2. The summed E-state index contributed by atoms with van der Waals surface area (Å²) < 4.78 is 11.8. The second-order valence-corrected chi connectivity index (χ2v) is 13.8. The summed E-state index contributed by atoms with van der Waals surface area (Å²) in [6, 6.07) is 32.0. The Balaban J connectivity index is 0.000000185. The number of hydrogen-bond acceptors (Lipinski definition) is 6. The van der Waals surface area contributed by atoms with Gasteiger partial charge < -0.3 is 14.8 Å². The van der Waals surface area contributed by atoms with Crippen LogP contribution in [0.15, 0.2) is 106 Å². The Morgan fingerprint density at radius 2 is 1.10 bits per heavy atom. The van der Waals surface area contributed by atoms with E-state index in [2.05, 4.69) is 106 Å². The second-order valence-electron chi connectivity index (χ2n) is 11.6. The van der Waals surface area contributed by atoms with Gasteiger partial charge in [-0.3, -0.25) is 9.80 Å². The van der Waals surface area contributed by atoms with Crippen LogP contribution in [0.2, 0.25) is 0 Å². The molecule has 0 atom stereocenters. The highest BCUT2D eigenvalue weighted by Crippen LogP contribution is 2.24. The molecule has 0 radical (unpaired) electrons. The topological polar surface area (TPSA) is 71.1 Å². The van der Waals surface area contributed by atoms with Crippen LogP contribution in [0.5, 0.6) is 11.5 Å². The summed E-state index contributed by atoms with van der Waals surface area (Å²) >= 11 is 11.6. The summed E-state index contributed by atoms with van der Waals surface area (Å²) in [7, 11) is 0. The summed E-state index contributed by atoms with van der Waals surface area (Å²) in [6.07, 6.45) is -0.307. The molecular weight excluding hydrogens is 758 g/mol. The van der Waals surface area contributed by atoms with Gasteiger partial charge in [0.25, 0.3) is 0 Å². The summed E-state index contributed by atoms with van der Waals surface area (Å²) in [4.78, 5) is 26.4. The standard InChI is InChI=1S/C15H12BrNO2.C8H9N.C8H19N.C7H4BrClO2/c16-13-5-7-14(8-6-13)19-15(18)17-9-11-3-1-2-4-12(11)10-17;1-2-4-8-6-9-5-7(8)3-1;1-6-9(7(2)3)8(4)5;8-5-1-3-6(4-2-5)11-7(9)10/h1-8H,9-10H2;1-4,9H,5-6H2;7-8H,6H2,1-5H3;1-4H. The highest BCUT2D eigenvalue weighted by molar-refractivity contribution is 9.10. The molecule has 0 saturated carbocycles. The minimum absolute atomic E-state index is 0.307. The van der Waals surface area contributed by atoms with Gasteiger partial charge in [-0.05, 0) is 105 Å². The van der Waals surface area contributed by atoms with Crippen LogP contribution >= 0.6 is 43.5 Å². The van der Waals surface area contributed by atoms with Crippen molar-refractivity contribution in [2.24, 2.45) is 0 Å². The molecule has 2 aliphatic rings. The zero-order valence-corrected chi connectivity index (χ0v) is 32.0. The molecular formula is C38H44Br2ClN3O4. The van der Waals surface area contributed by atoms with Crippen molar-refractivity contribution in [2.45, 2.75) is 72.9 Å². The Hall–Kier alpha value is -3.21. The maximum absolute atomic E-state index is 12.1. The maximum Gasteiger partial charge on any atom is 0.415 e. The van der Waals surface area contributed by atoms with Crippen molar-refractivity contribution in [3.63, 3.8) is 0 Å². The largest absolute Gasteiger partial charge is 0.415 e. The fourth-order valence-corrected chi connectivity index (χ4v) is 5.90. The smallest absolute Gasteiger partial charge is 0.415 e. The average molecular weight is 802 g/mol.